The SMILES string of the molecule is CN(C(=O)OC(C)(C)C)c1ccc(-c2cc3c4c(c2)[C@@H]2CN(C(=O)OC(C)(C)C)CC[C@@H]2N4CCCC3)c(C(F)(F)F)c1. The second-order valence-electron chi connectivity index (χ2n) is 13.9. The van der Waals surface area contributed by atoms with Gasteiger partial charge in [-0.1, -0.05) is 6.07 Å². The number of anilines is 2. The lowest BCUT2D eigenvalue weighted by Crippen LogP contribution is -2.49. The molecule has 3 aliphatic rings. The fourth-order valence-electron chi connectivity index (χ4n) is 6.51. The highest BCUT2D eigenvalue weighted by molar-refractivity contribution is 5.88. The minimum Gasteiger partial charge on any atom is -0.444 e. The van der Waals surface area contributed by atoms with Gasteiger partial charge in [0, 0.05) is 50.0 Å². The molecule has 0 radical (unpaired) electrons. The smallest absolute Gasteiger partial charge is 0.417 e. The van der Waals surface area contributed by atoms with Crippen molar-refractivity contribution in [2.24, 2.45) is 0 Å². The van der Waals surface area contributed by atoms with Gasteiger partial charge in [-0.05, 0) is 114 Å². The third kappa shape index (κ3) is 6.43. The molecule has 0 spiro atoms. The molecule has 0 aliphatic carbocycles. The van der Waals surface area contributed by atoms with Crippen LogP contribution in [0.15, 0.2) is 30.3 Å². The molecule has 7 nitrogen and oxygen atoms in total. The van der Waals surface area contributed by atoms with E-state index in [4.69, 9.17) is 9.47 Å². The van der Waals surface area contributed by atoms with Crippen LogP contribution in [0.25, 0.3) is 11.1 Å². The maximum Gasteiger partial charge on any atom is 0.417 e. The number of hydrogen-bond donors (Lipinski definition) is 0. The normalized spacial score (nSPS) is 20.2. The number of rotatable bonds is 2. The van der Waals surface area contributed by atoms with Crippen molar-refractivity contribution in [3.05, 3.63) is 47.0 Å². The van der Waals surface area contributed by atoms with Crippen LogP contribution in [0.4, 0.5) is 34.1 Å². The Labute approximate surface area is 251 Å². The van der Waals surface area contributed by atoms with Crippen molar-refractivity contribution in [3.63, 3.8) is 0 Å². The molecule has 1 fully saturated rings. The molecule has 0 unspecified atom stereocenters. The summed E-state index contributed by atoms with van der Waals surface area (Å²) >= 11 is 0. The first-order valence-corrected chi connectivity index (χ1v) is 15.0. The van der Waals surface area contributed by atoms with Gasteiger partial charge in [-0.2, -0.15) is 13.2 Å². The van der Waals surface area contributed by atoms with Gasteiger partial charge in [0.25, 0.3) is 0 Å². The van der Waals surface area contributed by atoms with E-state index in [0.29, 0.717) is 18.7 Å². The molecular weight excluding hydrogens is 559 g/mol. The van der Waals surface area contributed by atoms with E-state index in [-0.39, 0.29) is 29.3 Å². The molecule has 0 saturated carbocycles. The van der Waals surface area contributed by atoms with Crippen LogP contribution in [0.1, 0.15) is 83.4 Å². The van der Waals surface area contributed by atoms with E-state index in [0.717, 1.165) is 60.0 Å². The number of aryl methyl sites for hydroxylation is 1. The summed E-state index contributed by atoms with van der Waals surface area (Å²) < 4.78 is 54.8. The van der Waals surface area contributed by atoms with Crippen molar-refractivity contribution in [1.29, 1.82) is 0 Å². The first-order chi connectivity index (χ1) is 19.9. The third-order valence-corrected chi connectivity index (χ3v) is 8.30. The highest BCUT2D eigenvalue weighted by Crippen LogP contribution is 2.50. The average Bonchev–Trinajstić information content (AvgIpc) is 3.04. The topological polar surface area (TPSA) is 62.3 Å². The number of piperidine rings is 1. The van der Waals surface area contributed by atoms with Crippen molar-refractivity contribution in [2.75, 3.05) is 36.5 Å². The Balaban J connectivity index is 1.55. The average molecular weight is 602 g/mol. The Bertz CT molecular complexity index is 1410. The number of amides is 2. The zero-order valence-corrected chi connectivity index (χ0v) is 26.1. The number of hydrogen-bond acceptors (Lipinski definition) is 5. The van der Waals surface area contributed by atoms with Crippen molar-refractivity contribution in [1.82, 2.24) is 4.90 Å². The van der Waals surface area contributed by atoms with E-state index in [1.165, 1.54) is 19.2 Å². The molecule has 1 saturated heterocycles. The number of carbonyl (C=O) groups is 2. The number of likely N-dealkylation sites (tertiary alicyclic amines) is 1. The van der Waals surface area contributed by atoms with Gasteiger partial charge in [0.15, 0.2) is 0 Å². The number of alkyl halides is 3. The fourth-order valence-corrected chi connectivity index (χ4v) is 6.51. The molecule has 10 heteroatoms. The second-order valence-corrected chi connectivity index (χ2v) is 13.9. The Morgan fingerprint density at radius 1 is 0.930 bits per heavy atom. The minimum atomic E-state index is -4.65. The molecular formula is C33H42F3N3O4. The third-order valence-electron chi connectivity index (χ3n) is 8.30. The Kier molecular flexibility index (Phi) is 7.88. The number of fused-ring (bicyclic) bond motifs is 3. The Hall–Kier alpha value is -3.43. The van der Waals surface area contributed by atoms with E-state index >= 15 is 0 Å². The van der Waals surface area contributed by atoms with Crippen molar-refractivity contribution in [3.8, 4) is 11.1 Å². The number of halogens is 3. The van der Waals surface area contributed by atoms with Crippen molar-refractivity contribution < 1.29 is 32.2 Å². The maximum atomic E-state index is 14.6. The predicted molar refractivity (Wildman–Crippen MR) is 161 cm³/mol. The molecule has 3 aliphatic heterocycles. The van der Waals surface area contributed by atoms with Gasteiger partial charge in [-0.15, -0.1) is 0 Å². The molecule has 2 amide bonds. The Morgan fingerprint density at radius 3 is 2.28 bits per heavy atom. The van der Waals surface area contributed by atoms with Gasteiger partial charge in [-0.25, -0.2) is 9.59 Å². The van der Waals surface area contributed by atoms with Crippen LogP contribution in [0.3, 0.4) is 0 Å². The van der Waals surface area contributed by atoms with Crippen LogP contribution in [0.2, 0.25) is 0 Å². The number of nitrogens with zero attached hydrogens (tertiary/aromatic N) is 3. The van der Waals surface area contributed by atoms with Gasteiger partial charge in [0.2, 0.25) is 0 Å². The molecule has 2 aromatic rings. The molecule has 0 aromatic heterocycles. The van der Waals surface area contributed by atoms with E-state index in [1.807, 2.05) is 32.9 Å². The number of ether oxygens (including phenoxy) is 2. The molecule has 0 N–H and O–H groups in total. The van der Waals surface area contributed by atoms with Crippen LogP contribution < -0.4 is 9.80 Å². The monoisotopic (exact) mass is 601 g/mol. The van der Waals surface area contributed by atoms with Gasteiger partial charge in [0.1, 0.15) is 11.2 Å². The lowest BCUT2D eigenvalue weighted by molar-refractivity contribution is -0.137. The predicted octanol–water partition coefficient (Wildman–Crippen LogP) is 7.99. The quantitative estimate of drug-likeness (QED) is 0.349. The van der Waals surface area contributed by atoms with E-state index < -0.39 is 29.0 Å². The fraction of sp³-hybridized carbons (Fsp3) is 0.576. The summed E-state index contributed by atoms with van der Waals surface area (Å²) in [7, 11) is 1.40. The number of carbonyl (C=O) groups excluding carboxylic acids is 2. The van der Waals surface area contributed by atoms with Gasteiger partial charge in [-0.3, -0.25) is 4.90 Å². The lowest BCUT2D eigenvalue weighted by atomic mass is 9.85. The van der Waals surface area contributed by atoms with Crippen molar-refractivity contribution >= 4 is 23.6 Å². The molecule has 0 bridgehead atoms. The molecule has 234 valence electrons. The van der Waals surface area contributed by atoms with Crippen LogP contribution in [0.5, 0.6) is 0 Å². The maximum absolute atomic E-state index is 14.6. The molecule has 3 heterocycles. The largest absolute Gasteiger partial charge is 0.444 e. The first kappa shape index (κ1) is 31.0. The summed E-state index contributed by atoms with van der Waals surface area (Å²) in [6, 6.07) is 7.98. The highest BCUT2D eigenvalue weighted by Gasteiger charge is 2.45. The van der Waals surface area contributed by atoms with Gasteiger partial charge in [0.05, 0.1) is 5.56 Å². The van der Waals surface area contributed by atoms with E-state index in [9.17, 15) is 22.8 Å². The van der Waals surface area contributed by atoms with Crippen LogP contribution in [0, 0.1) is 0 Å². The standard InChI is InChI=1S/C33H42F3N3O4/c1-31(2,3)42-29(40)37(7)22-11-12-23(26(18-22)33(34,35)36)21-16-20-10-8-9-14-39-27-13-15-38(30(41)43-32(4,5)6)19-25(27)24(17-21)28(20)39/h11-12,16-18,25,27H,8-10,13-15,19H2,1-7H3/t25-,27-/m0/s1. The minimum absolute atomic E-state index is 0.0278. The molecule has 5 rings (SSSR count). The van der Waals surface area contributed by atoms with Crippen LogP contribution in [-0.2, 0) is 22.1 Å². The van der Waals surface area contributed by atoms with Crippen LogP contribution in [-0.4, -0.2) is 61.0 Å². The lowest BCUT2D eigenvalue weighted by Gasteiger charge is -2.39. The molecule has 2 aromatic carbocycles. The van der Waals surface area contributed by atoms with Gasteiger partial charge >= 0.3 is 18.4 Å². The summed E-state index contributed by atoms with van der Waals surface area (Å²) in [6.07, 6.45) is -2.24. The summed E-state index contributed by atoms with van der Waals surface area (Å²) in [5.74, 6) is -0.0278. The summed E-state index contributed by atoms with van der Waals surface area (Å²) in [6.45, 7) is 12.6. The summed E-state index contributed by atoms with van der Waals surface area (Å²) in [4.78, 5) is 30.9. The van der Waals surface area contributed by atoms with E-state index in [1.54, 1.807) is 25.7 Å². The van der Waals surface area contributed by atoms with Crippen LogP contribution >= 0.6 is 0 Å². The zero-order valence-electron chi connectivity index (χ0n) is 26.1. The second kappa shape index (κ2) is 10.9. The van der Waals surface area contributed by atoms with E-state index in [2.05, 4.69) is 4.90 Å². The molecule has 2 atom stereocenters. The van der Waals surface area contributed by atoms with Crippen molar-refractivity contribution in [2.45, 2.75) is 96.6 Å². The first-order valence-electron chi connectivity index (χ1n) is 15.0. The van der Waals surface area contributed by atoms with Gasteiger partial charge < -0.3 is 19.3 Å². The number of benzene rings is 2. The highest BCUT2D eigenvalue weighted by atomic mass is 19.4. The zero-order chi connectivity index (χ0) is 31.5. The molecule has 43 heavy (non-hydrogen) atoms. The Morgan fingerprint density at radius 2 is 1.63 bits per heavy atom. The summed E-state index contributed by atoms with van der Waals surface area (Å²) in [5, 5.41) is 0. The summed E-state index contributed by atoms with van der Waals surface area (Å²) in [5.41, 5.74) is 1.59.